The molecule has 0 saturated heterocycles. The van der Waals surface area contributed by atoms with Crippen LogP contribution in [0.4, 0.5) is 5.69 Å². The fourth-order valence-corrected chi connectivity index (χ4v) is 3.48. The average Bonchev–Trinajstić information content (AvgIpc) is 2.92. The first-order chi connectivity index (χ1) is 9.97. The maximum absolute atomic E-state index is 9.73. The van der Waals surface area contributed by atoms with Gasteiger partial charge in [0.2, 0.25) is 0 Å². The number of rotatable bonds is 3. The number of benzene rings is 1. The van der Waals surface area contributed by atoms with Gasteiger partial charge in [-0.2, -0.15) is 0 Å². The molecule has 110 valence electrons. The van der Waals surface area contributed by atoms with E-state index in [1.165, 1.54) is 11.4 Å². The van der Waals surface area contributed by atoms with Gasteiger partial charge in [0.15, 0.2) is 4.96 Å². The normalized spacial score (nSPS) is 11.2. The lowest BCUT2D eigenvalue weighted by molar-refractivity contribution is 0.471. The van der Waals surface area contributed by atoms with Crippen molar-refractivity contribution in [2.75, 3.05) is 5.32 Å². The number of aromatic hydroxyl groups is 1. The van der Waals surface area contributed by atoms with Crippen molar-refractivity contribution in [1.82, 2.24) is 9.38 Å². The zero-order chi connectivity index (χ0) is 15.1. The van der Waals surface area contributed by atoms with Crippen LogP contribution >= 0.6 is 11.3 Å². The number of nitrogens with one attached hydrogen (secondary N) is 1. The molecule has 3 aromatic rings. The number of hydrogen-bond acceptors (Lipinski definition) is 4. The minimum Gasteiger partial charge on any atom is -0.508 e. The molecule has 4 nitrogen and oxygen atoms in total. The molecule has 5 heteroatoms. The third-order valence-electron chi connectivity index (χ3n) is 3.82. The van der Waals surface area contributed by atoms with Crippen molar-refractivity contribution < 1.29 is 5.11 Å². The number of aromatic nitrogens is 2. The van der Waals surface area contributed by atoms with E-state index < -0.39 is 0 Å². The number of fused-ring (bicyclic) bond motifs is 1. The van der Waals surface area contributed by atoms with Crippen molar-refractivity contribution in [1.29, 1.82) is 0 Å². The number of imidazole rings is 1. The van der Waals surface area contributed by atoms with Crippen LogP contribution in [0, 0.1) is 27.7 Å². The zero-order valence-corrected chi connectivity index (χ0v) is 13.5. The molecule has 0 aliphatic heterocycles. The second kappa shape index (κ2) is 5.07. The van der Waals surface area contributed by atoms with Gasteiger partial charge in [0.1, 0.15) is 5.75 Å². The molecule has 0 radical (unpaired) electrons. The van der Waals surface area contributed by atoms with Gasteiger partial charge >= 0.3 is 0 Å². The molecule has 0 atom stereocenters. The highest BCUT2D eigenvalue weighted by Crippen LogP contribution is 2.26. The standard InChI is InChI=1S/C16H19N3OS/c1-9-6-15(20)10(2)5-13(9)17-7-14-12(4)18-16-19(14)11(3)8-21-16/h5-6,8,17,20H,7H2,1-4H3. The van der Waals surface area contributed by atoms with Crippen LogP contribution in [0.1, 0.15) is 28.2 Å². The molecule has 0 unspecified atom stereocenters. The van der Waals surface area contributed by atoms with Gasteiger partial charge in [0.05, 0.1) is 17.9 Å². The minimum atomic E-state index is 0.342. The lowest BCUT2D eigenvalue weighted by Gasteiger charge is -2.12. The summed E-state index contributed by atoms with van der Waals surface area (Å²) in [5, 5.41) is 15.3. The van der Waals surface area contributed by atoms with Gasteiger partial charge in [-0.25, -0.2) is 4.98 Å². The number of anilines is 1. The van der Waals surface area contributed by atoms with Crippen molar-refractivity contribution in [2.45, 2.75) is 34.2 Å². The second-order valence-electron chi connectivity index (χ2n) is 5.45. The van der Waals surface area contributed by atoms with Gasteiger partial charge < -0.3 is 10.4 Å². The van der Waals surface area contributed by atoms with E-state index in [0.29, 0.717) is 5.75 Å². The molecule has 0 amide bonds. The van der Waals surface area contributed by atoms with Gasteiger partial charge in [-0.3, -0.25) is 4.40 Å². The zero-order valence-electron chi connectivity index (χ0n) is 12.7. The summed E-state index contributed by atoms with van der Waals surface area (Å²) >= 11 is 1.67. The van der Waals surface area contributed by atoms with E-state index in [-0.39, 0.29) is 0 Å². The summed E-state index contributed by atoms with van der Waals surface area (Å²) in [6.07, 6.45) is 0. The average molecular weight is 301 g/mol. The van der Waals surface area contributed by atoms with Gasteiger partial charge in [-0.1, -0.05) is 0 Å². The Labute approximate surface area is 128 Å². The predicted octanol–water partition coefficient (Wildman–Crippen LogP) is 3.95. The summed E-state index contributed by atoms with van der Waals surface area (Å²) in [6.45, 7) is 8.77. The quantitative estimate of drug-likeness (QED) is 0.720. The minimum absolute atomic E-state index is 0.342. The fraction of sp³-hybridized carbons (Fsp3) is 0.312. The van der Waals surface area contributed by atoms with Gasteiger partial charge in [0, 0.05) is 16.8 Å². The van der Waals surface area contributed by atoms with Crippen molar-refractivity contribution in [3.63, 3.8) is 0 Å². The largest absolute Gasteiger partial charge is 0.508 e. The number of hydrogen-bond donors (Lipinski definition) is 2. The lowest BCUT2D eigenvalue weighted by atomic mass is 10.1. The molecule has 0 fully saturated rings. The molecule has 3 rings (SSSR count). The first kappa shape index (κ1) is 13.9. The van der Waals surface area contributed by atoms with Crippen LogP contribution in [-0.2, 0) is 6.54 Å². The molecule has 2 N–H and O–H groups in total. The molecular formula is C16H19N3OS. The molecule has 2 aromatic heterocycles. The van der Waals surface area contributed by atoms with E-state index in [1.807, 2.05) is 26.8 Å². The maximum Gasteiger partial charge on any atom is 0.194 e. The first-order valence-corrected chi connectivity index (χ1v) is 7.81. The molecule has 1 aromatic carbocycles. The van der Waals surface area contributed by atoms with Gasteiger partial charge in [-0.05, 0) is 51.0 Å². The maximum atomic E-state index is 9.73. The van der Waals surface area contributed by atoms with Gasteiger partial charge in [0.25, 0.3) is 0 Å². The van der Waals surface area contributed by atoms with Gasteiger partial charge in [-0.15, -0.1) is 11.3 Å². The smallest absolute Gasteiger partial charge is 0.194 e. The van der Waals surface area contributed by atoms with E-state index in [1.54, 1.807) is 17.4 Å². The van der Waals surface area contributed by atoms with Crippen molar-refractivity contribution in [3.8, 4) is 5.75 Å². The van der Waals surface area contributed by atoms with Crippen molar-refractivity contribution in [3.05, 3.63) is 45.7 Å². The number of phenolic OH excluding ortho intramolecular Hbond substituents is 1. The third-order valence-corrected chi connectivity index (χ3v) is 4.76. The topological polar surface area (TPSA) is 49.6 Å². The summed E-state index contributed by atoms with van der Waals surface area (Å²) in [7, 11) is 0. The third kappa shape index (κ3) is 2.38. The van der Waals surface area contributed by atoms with Crippen molar-refractivity contribution in [2.24, 2.45) is 0 Å². The Kier molecular flexibility index (Phi) is 3.37. The number of nitrogens with zero attached hydrogens (tertiary/aromatic N) is 2. The molecule has 0 aliphatic carbocycles. The number of phenols is 1. The Morgan fingerprint density at radius 3 is 2.71 bits per heavy atom. The Balaban J connectivity index is 1.92. The fourth-order valence-electron chi connectivity index (χ4n) is 2.55. The van der Waals surface area contributed by atoms with Crippen LogP contribution in [-0.4, -0.2) is 14.5 Å². The molecule has 0 saturated carbocycles. The Bertz CT molecular complexity index is 817. The Morgan fingerprint density at radius 2 is 1.95 bits per heavy atom. The van der Waals surface area contributed by atoms with E-state index in [4.69, 9.17) is 0 Å². The van der Waals surface area contributed by atoms with Crippen LogP contribution < -0.4 is 5.32 Å². The summed E-state index contributed by atoms with van der Waals surface area (Å²) in [4.78, 5) is 5.64. The monoisotopic (exact) mass is 301 g/mol. The van der Waals surface area contributed by atoms with Crippen molar-refractivity contribution >= 4 is 22.0 Å². The van der Waals surface area contributed by atoms with Crippen LogP contribution in [0.25, 0.3) is 4.96 Å². The summed E-state index contributed by atoms with van der Waals surface area (Å²) < 4.78 is 2.20. The highest BCUT2D eigenvalue weighted by Gasteiger charge is 2.12. The van der Waals surface area contributed by atoms with E-state index in [9.17, 15) is 5.11 Å². The predicted molar refractivity (Wildman–Crippen MR) is 87.5 cm³/mol. The Morgan fingerprint density at radius 1 is 1.19 bits per heavy atom. The van der Waals surface area contributed by atoms with E-state index >= 15 is 0 Å². The van der Waals surface area contributed by atoms with E-state index in [2.05, 4.69) is 27.0 Å². The molecule has 2 heterocycles. The summed E-state index contributed by atoms with van der Waals surface area (Å²) in [6, 6.07) is 3.78. The highest BCUT2D eigenvalue weighted by atomic mass is 32.1. The summed E-state index contributed by atoms with van der Waals surface area (Å²) in [5.41, 5.74) is 6.43. The van der Waals surface area contributed by atoms with Crippen LogP contribution in [0.15, 0.2) is 17.5 Å². The Hall–Kier alpha value is -2.01. The molecular weight excluding hydrogens is 282 g/mol. The number of aryl methyl sites for hydroxylation is 4. The van der Waals surface area contributed by atoms with Crippen LogP contribution in [0.5, 0.6) is 5.75 Å². The van der Waals surface area contributed by atoms with Crippen LogP contribution in [0.3, 0.4) is 0 Å². The lowest BCUT2D eigenvalue weighted by Crippen LogP contribution is -2.06. The second-order valence-corrected chi connectivity index (χ2v) is 6.28. The first-order valence-electron chi connectivity index (χ1n) is 6.93. The SMILES string of the molecule is Cc1cc(NCc2c(C)nc3scc(C)n23)c(C)cc1O. The molecule has 0 aliphatic rings. The van der Waals surface area contributed by atoms with E-state index in [0.717, 1.165) is 34.0 Å². The highest BCUT2D eigenvalue weighted by molar-refractivity contribution is 7.15. The molecule has 21 heavy (non-hydrogen) atoms. The molecule has 0 spiro atoms. The number of thiazole rings is 1. The van der Waals surface area contributed by atoms with Crippen LogP contribution in [0.2, 0.25) is 0 Å². The summed E-state index contributed by atoms with van der Waals surface area (Å²) in [5.74, 6) is 0.342. The molecule has 0 bridgehead atoms.